The molecule has 0 spiro atoms. The fourth-order valence-electron chi connectivity index (χ4n) is 2.45. The lowest BCUT2D eigenvalue weighted by Crippen LogP contribution is -2.31. The van der Waals surface area contributed by atoms with E-state index in [2.05, 4.69) is 24.8 Å². The molecule has 16 heavy (non-hydrogen) atoms. The van der Waals surface area contributed by atoms with E-state index in [0.717, 1.165) is 24.3 Å². The van der Waals surface area contributed by atoms with Crippen molar-refractivity contribution >= 4 is 5.69 Å². The lowest BCUT2D eigenvalue weighted by Gasteiger charge is -2.31. The molecule has 1 aliphatic heterocycles. The summed E-state index contributed by atoms with van der Waals surface area (Å²) in [6, 6.07) is 5.45. The Kier molecular flexibility index (Phi) is 3.47. The van der Waals surface area contributed by atoms with Gasteiger partial charge in [0.15, 0.2) is 0 Å². The Morgan fingerprint density at radius 3 is 2.44 bits per heavy atom. The van der Waals surface area contributed by atoms with Crippen molar-refractivity contribution in [3.63, 3.8) is 0 Å². The van der Waals surface area contributed by atoms with Crippen molar-refractivity contribution in [1.82, 2.24) is 0 Å². The number of hydrogen-bond donors (Lipinski definition) is 0. The Hall–Kier alpha value is -1.05. The lowest BCUT2D eigenvalue weighted by molar-refractivity contribution is 0.553. The average Bonchev–Trinajstić information content (AvgIpc) is 2.29. The van der Waals surface area contributed by atoms with Gasteiger partial charge in [0.25, 0.3) is 0 Å². The molecule has 2 heteroatoms. The number of anilines is 1. The van der Waals surface area contributed by atoms with E-state index in [1.807, 2.05) is 6.07 Å². The third-order valence-electron chi connectivity index (χ3n) is 3.31. The summed E-state index contributed by atoms with van der Waals surface area (Å²) in [5, 5.41) is 0. The van der Waals surface area contributed by atoms with Crippen molar-refractivity contribution in [3.8, 4) is 0 Å². The highest BCUT2D eigenvalue weighted by Gasteiger charge is 2.19. The molecule has 0 N–H and O–H groups in total. The first-order chi connectivity index (χ1) is 7.70. The summed E-state index contributed by atoms with van der Waals surface area (Å²) < 4.78 is 14.0. The van der Waals surface area contributed by atoms with E-state index >= 15 is 0 Å². The fraction of sp³-hybridized carbons (Fsp3) is 0.571. The predicted octanol–water partition coefficient (Wildman–Crippen LogP) is 3.94. The standard InChI is InChI=1S/C14H20FN/c1-11(2)12-7-6-8-13(15)14(12)16-9-4-3-5-10-16/h6-8,11H,3-5,9-10H2,1-2H3. The molecule has 1 fully saturated rings. The van der Waals surface area contributed by atoms with E-state index in [4.69, 9.17) is 0 Å². The largest absolute Gasteiger partial charge is 0.369 e. The highest BCUT2D eigenvalue weighted by atomic mass is 19.1. The molecule has 1 saturated heterocycles. The van der Waals surface area contributed by atoms with E-state index in [-0.39, 0.29) is 5.82 Å². The first-order valence-electron chi connectivity index (χ1n) is 6.23. The number of benzene rings is 1. The second kappa shape index (κ2) is 4.86. The van der Waals surface area contributed by atoms with Crippen LogP contribution in [0.1, 0.15) is 44.6 Å². The predicted molar refractivity (Wildman–Crippen MR) is 66.6 cm³/mol. The van der Waals surface area contributed by atoms with E-state index in [1.54, 1.807) is 6.07 Å². The topological polar surface area (TPSA) is 3.24 Å². The van der Waals surface area contributed by atoms with Gasteiger partial charge >= 0.3 is 0 Å². The number of para-hydroxylation sites is 1. The molecular formula is C14H20FN. The highest BCUT2D eigenvalue weighted by molar-refractivity contribution is 5.56. The van der Waals surface area contributed by atoms with Gasteiger partial charge in [0.1, 0.15) is 5.82 Å². The molecule has 0 amide bonds. The lowest BCUT2D eigenvalue weighted by atomic mass is 9.98. The van der Waals surface area contributed by atoms with Gasteiger partial charge in [-0.15, -0.1) is 0 Å². The van der Waals surface area contributed by atoms with Gasteiger partial charge in [-0.1, -0.05) is 26.0 Å². The minimum absolute atomic E-state index is 0.0619. The Morgan fingerprint density at radius 2 is 1.81 bits per heavy atom. The van der Waals surface area contributed by atoms with Gasteiger partial charge < -0.3 is 4.90 Å². The second-order valence-electron chi connectivity index (χ2n) is 4.88. The van der Waals surface area contributed by atoms with Crippen LogP contribution in [0.2, 0.25) is 0 Å². The maximum atomic E-state index is 14.0. The highest BCUT2D eigenvalue weighted by Crippen LogP contribution is 2.31. The van der Waals surface area contributed by atoms with Gasteiger partial charge in [-0.25, -0.2) is 4.39 Å². The van der Waals surface area contributed by atoms with E-state index in [0.29, 0.717) is 5.92 Å². The van der Waals surface area contributed by atoms with Gasteiger partial charge in [-0.05, 0) is 36.8 Å². The van der Waals surface area contributed by atoms with Crippen molar-refractivity contribution in [2.45, 2.75) is 39.0 Å². The Bertz CT molecular complexity index is 354. The zero-order valence-corrected chi connectivity index (χ0v) is 10.2. The van der Waals surface area contributed by atoms with Crippen LogP contribution in [0.4, 0.5) is 10.1 Å². The van der Waals surface area contributed by atoms with E-state index < -0.39 is 0 Å². The number of halogens is 1. The maximum Gasteiger partial charge on any atom is 0.146 e. The number of nitrogens with zero attached hydrogens (tertiary/aromatic N) is 1. The van der Waals surface area contributed by atoms with Gasteiger partial charge in [0.05, 0.1) is 5.69 Å². The third kappa shape index (κ3) is 2.21. The third-order valence-corrected chi connectivity index (χ3v) is 3.31. The maximum absolute atomic E-state index is 14.0. The minimum atomic E-state index is -0.0619. The second-order valence-corrected chi connectivity index (χ2v) is 4.88. The minimum Gasteiger partial charge on any atom is -0.369 e. The SMILES string of the molecule is CC(C)c1cccc(F)c1N1CCCCC1. The molecule has 88 valence electrons. The number of piperidine rings is 1. The Balaban J connectivity index is 2.36. The zero-order valence-electron chi connectivity index (χ0n) is 10.2. The van der Waals surface area contributed by atoms with Crippen LogP contribution >= 0.6 is 0 Å². The van der Waals surface area contributed by atoms with Gasteiger partial charge in [0.2, 0.25) is 0 Å². The molecule has 0 aliphatic carbocycles. The Morgan fingerprint density at radius 1 is 1.12 bits per heavy atom. The molecule has 0 unspecified atom stereocenters. The van der Waals surface area contributed by atoms with Crippen LogP contribution in [0.3, 0.4) is 0 Å². The van der Waals surface area contributed by atoms with Crippen molar-refractivity contribution in [1.29, 1.82) is 0 Å². The first kappa shape index (κ1) is 11.4. The molecule has 0 bridgehead atoms. The molecule has 1 aromatic carbocycles. The van der Waals surface area contributed by atoms with E-state index in [1.165, 1.54) is 19.3 Å². The van der Waals surface area contributed by atoms with Crippen molar-refractivity contribution in [2.75, 3.05) is 18.0 Å². The molecule has 2 rings (SSSR count). The Labute approximate surface area is 97.3 Å². The average molecular weight is 221 g/mol. The summed E-state index contributed by atoms with van der Waals surface area (Å²) in [5.74, 6) is 0.320. The molecule has 1 nitrogen and oxygen atoms in total. The zero-order chi connectivity index (χ0) is 11.5. The summed E-state index contributed by atoms with van der Waals surface area (Å²) in [6.07, 6.45) is 3.65. The van der Waals surface area contributed by atoms with Crippen LogP contribution in [-0.2, 0) is 0 Å². The van der Waals surface area contributed by atoms with Crippen molar-refractivity contribution in [2.24, 2.45) is 0 Å². The van der Waals surface area contributed by atoms with Crippen LogP contribution in [0.5, 0.6) is 0 Å². The van der Waals surface area contributed by atoms with Gasteiger partial charge in [-0.3, -0.25) is 0 Å². The van der Waals surface area contributed by atoms with Crippen LogP contribution in [0.15, 0.2) is 18.2 Å². The quantitative estimate of drug-likeness (QED) is 0.731. The fourth-order valence-corrected chi connectivity index (χ4v) is 2.45. The summed E-state index contributed by atoms with van der Waals surface area (Å²) in [6.45, 7) is 6.26. The molecule has 0 atom stereocenters. The molecular weight excluding hydrogens is 201 g/mol. The van der Waals surface area contributed by atoms with Crippen LogP contribution in [0.25, 0.3) is 0 Å². The molecule has 0 aromatic heterocycles. The number of hydrogen-bond acceptors (Lipinski definition) is 1. The molecule has 1 heterocycles. The summed E-state index contributed by atoms with van der Waals surface area (Å²) in [7, 11) is 0. The van der Waals surface area contributed by atoms with Crippen LogP contribution in [-0.4, -0.2) is 13.1 Å². The molecule has 0 radical (unpaired) electrons. The molecule has 1 aromatic rings. The summed E-state index contributed by atoms with van der Waals surface area (Å²) in [4.78, 5) is 2.22. The molecule has 0 saturated carbocycles. The van der Waals surface area contributed by atoms with Crippen molar-refractivity contribution < 1.29 is 4.39 Å². The van der Waals surface area contributed by atoms with Gasteiger partial charge in [0, 0.05) is 13.1 Å². The molecule has 1 aliphatic rings. The van der Waals surface area contributed by atoms with Gasteiger partial charge in [-0.2, -0.15) is 0 Å². The van der Waals surface area contributed by atoms with E-state index in [9.17, 15) is 4.39 Å². The van der Waals surface area contributed by atoms with Crippen molar-refractivity contribution in [3.05, 3.63) is 29.6 Å². The summed E-state index contributed by atoms with van der Waals surface area (Å²) in [5.41, 5.74) is 1.99. The summed E-state index contributed by atoms with van der Waals surface area (Å²) >= 11 is 0. The monoisotopic (exact) mass is 221 g/mol. The first-order valence-corrected chi connectivity index (χ1v) is 6.23. The number of rotatable bonds is 2. The van der Waals surface area contributed by atoms with Crippen LogP contribution in [0, 0.1) is 5.82 Å². The van der Waals surface area contributed by atoms with Crippen LogP contribution < -0.4 is 4.90 Å². The smallest absolute Gasteiger partial charge is 0.146 e. The normalized spacial score (nSPS) is 16.9.